The molecular formula is C28H26ClFN4O3. The van der Waals surface area contributed by atoms with Crippen LogP contribution in [-0.2, 0) is 17.8 Å². The van der Waals surface area contributed by atoms with Crippen molar-refractivity contribution in [2.24, 2.45) is 0 Å². The Morgan fingerprint density at radius 3 is 2.84 bits per heavy atom. The summed E-state index contributed by atoms with van der Waals surface area (Å²) in [5.41, 5.74) is 3.13. The number of anilines is 2. The van der Waals surface area contributed by atoms with E-state index in [1.807, 2.05) is 18.2 Å². The number of carbonyl (C=O) groups excluding carboxylic acids is 1. The molecule has 0 spiro atoms. The highest BCUT2D eigenvalue weighted by Gasteiger charge is 2.37. The average molecular weight is 521 g/mol. The lowest BCUT2D eigenvalue weighted by molar-refractivity contribution is -0.129. The van der Waals surface area contributed by atoms with E-state index in [4.69, 9.17) is 21.3 Å². The summed E-state index contributed by atoms with van der Waals surface area (Å²) in [6.45, 7) is 6.88. The maximum atomic E-state index is 15.0. The van der Waals surface area contributed by atoms with Crippen LogP contribution in [0.4, 0.5) is 15.9 Å². The summed E-state index contributed by atoms with van der Waals surface area (Å²) in [5.74, 6) is 0.100. The van der Waals surface area contributed by atoms with Crippen LogP contribution in [0.1, 0.15) is 11.1 Å². The van der Waals surface area contributed by atoms with Gasteiger partial charge in [-0.25, -0.2) is 9.37 Å². The standard InChI is InChI=1S/C28H26ClFN4O3/c1-2-23(36)33-13-12-32-15-19-27(37-16-18(32)14-33)25(29)26(24-20(30)7-5-9-22(24)35)31-28(19)34-11-10-17-6-3-4-8-21(17)34/h2-9,18,35H,1,10-16H2/t18-/m1/s1. The third-order valence-corrected chi connectivity index (χ3v) is 7.76. The number of nitrogens with zero attached hydrogens (tertiary/aromatic N) is 4. The lowest BCUT2D eigenvalue weighted by atomic mass is 10.1. The molecular weight excluding hydrogens is 495 g/mol. The summed E-state index contributed by atoms with van der Waals surface area (Å²) in [6.07, 6.45) is 2.18. The molecule has 1 saturated heterocycles. The molecule has 3 aliphatic heterocycles. The minimum absolute atomic E-state index is 0.0508. The Hall–Kier alpha value is -3.62. The Bertz CT molecular complexity index is 1390. The quantitative estimate of drug-likeness (QED) is 0.512. The number of piperazine rings is 1. The van der Waals surface area contributed by atoms with Gasteiger partial charge < -0.3 is 19.6 Å². The molecule has 1 aromatic heterocycles. The molecule has 3 aliphatic rings. The Morgan fingerprint density at radius 1 is 1.19 bits per heavy atom. The number of para-hydroxylation sites is 1. The third kappa shape index (κ3) is 4.01. The molecule has 3 aromatic rings. The van der Waals surface area contributed by atoms with Gasteiger partial charge in [-0.1, -0.05) is 42.4 Å². The summed E-state index contributed by atoms with van der Waals surface area (Å²) in [5, 5.41) is 10.7. The van der Waals surface area contributed by atoms with E-state index >= 15 is 4.39 Å². The van der Waals surface area contributed by atoms with Crippen molar-refractivity contribution in [1.82, 2.24) is 14.8 Å². The average Bonchev–Trinajstić information content (AvgIpc) is 3.23. The Morgan fingerprint density at radius 2 is 2.03 bits per heavy atom. The van der Waals surface area contributed by atoms with Crippen LogP contribution < -0.4 is 9.64 Å². The molecule has 1 atom stereocenters. The maximum Gasteiger partial charge on any atom is 0.246 e. The van der Waals surface area contributed by atoms with E-state index in [-0.39, 0.29) is 34.0 Å². The second-order valence-corrected chi connectivity index (χ2v) is 9.87. The van der Waals surface area contributed by atoms with Crippen molar-refractivity contribution in [3.63, 3.8) is 0 Å². The number of pyridine rings is 1. The number of benzene rings is 2. The molecule has 9 heteroatoms. The summed E-state index contributed by atoms with van der Waals surface area (Å²) in [6, 6.07) is 12.2. The zero-order valence-electron chi connectivity index (χ0n) is 20.2. The van der Waals surface area contributed by atoms with Gasteiger partial charge in [-0.15, -0.1) is 0 Å². The van der Waals surface area contributed by atoms with E-state index in [0.717, 1.165) is 17.7 Å². The molecule has 0 aliphatic carbocycles. The topological polar surface area (TPSA) is 69.1 Å². The second kappa shape index (κ2) is 9.36. The van der Waals surface area contributed by atoms with E-state index in [2.05, 4.69) is 22.4 Å². The van der Waals surface area contributed by atoms with Gasteiger partial charge in [-0.3, -0.25) is 9.69 Å². The lowest BCUT2D eigenvalue weighted by Crippen LogP contribution is -2.55. The van der Waals surface area contributed by atoms with Gasteiger partial charge in [-0.2, -0.15) is 0 Å². The van der Waals surface area contributed by atoms with Gasteiger partial charge in [0.05, 0.1) is 17.2 Å². The van der Waals surface area contributed by atoms with Crippen LogP contribution in [0.5, 0.6) is 11.5 Å². The van der Waals surface area contributed by atoms with Gasteiger partial charge in [0.2, 0.25) is 5.91 Å². The fourth-order valence-electron chi connectivity index (χ4n) is 5.52. The van der Waals surface area contributed by atoms with Crippen LogP contribution in [0.3, 0.4) is 0 Å². The number of fused-ring (bicyclic) bond motifs is 3. The number of hydrogen-bond acceptors (Lipinski definition) is 6. The first-order chi connectivity index (χ1) is 18.0. The highest BCUT2D eigenvalue weighted by molar-refractivity contribution is 6.35. The third-order valence-electron chi connectivity index (χ3n) is 7.41. The van der Waals surface area contributed by atoms with Crippen LogP contribution in [-0.4, -0.2) is 64.6 Å². The molecule has 7 nitrogen and oxygen atoms in total. The number of carbonyl (C=O) groups is 1. The fourth-order valence-corrected chi connectivity index (χ4v) is 5.83. The van der Waals surface area contributed by atoms with Gasteiger partial charge in [-0.05, 0) is 36.3 Å². The first kappa shape index (κ1) is 23.8. The van der Waals surface area contributed by atoms with Crippen molar-refractivity contribution in [3.05, 3.63) is 77.1 Å². The van der Waals surface area contributed by atoms with E-state index in [1.54, 1.807) is 4.90 Å². The van der Waals surface area contributed by atoms with Gasteiger partial charge in [0.15, 0.2) is 0 Å². The molecule has 0 bridgehead atoms. The highest BCUT2D eigenvalue weighted by atomic mass is 35.5. The molecule has 190 valence electrons. The molecule has 2 aromatic carbocycles. The Balaban J connectivity index is 1.50. The smallest absolute Gasteiger partial charge is 0.246 e. The molecule has 37 heavy (non-hydrogen) atoms. The van der Waals surface area contributed by atoms with Crippen molar-refractivity contribution in [2.45, 2.75) is 19.0 Å². The van der Waals surface area contributed by atoms with Gasteiger partial charge in [0, 0.05) is 38.4 Å². The number of phenolic OH excluding ortho intramolecular Hbond substituents is 1. The number of rotatable bonds is 3. The number of aromatic nitrogens is 1. The minimum atomic E-state index is -0.619. The van der Waals surface area contributed by atoms with Crippen LogP contribution in [0.2, 0.25) is 5.02 Å². The Labute approximate surface area is 219 Å². The molecule has 0 radical (unpaired) electrons. The number of amides is 1. The van der Waals surface area contributed by atoms with E-state index in [0.29, 0.717) is 50.9 Å². The first-order valence-electron chi connectivity index (χ1n) is 12.3. The van der Waals surface area contributed by atoms with E-state index in [1.165, 1.54) is 29.8 Å². The zero-order valence-corrected chi connectivity index (χ0v) is 20.9. The monoisotopic (exact) mass is 520 g/mol. The zero-order chi connectivity index (χ0) is 25.7. The van der Waals surface area contributed by atoms with Crippen molar-refractivity contribution in [3.8, 4) is 22.8 Å². The number of phenols is 1. The number of halogens is 2. The van der Waals surface area contributed by atoms with Crippen molar-refractivity contribution < 1.29 is 19.0 Å². The SMILES string of the molecule is C=CC(=O)N1CCN2Cc3c(N4CCc5ccccc54)nc(-c4c(O)cccc4F)c(Cl)c3OC[C@H]2C1. The van der Waals surface area contributed by atoms with Crippen LogP contribution in [0.15, 0.2) is 55.1 Å². The van der Waals surface area contributed by atoms with E-state index in [9.17, 15) is 9.90 Å². The number of hydrogen-bond donors (Lipinski definition) is 1. The van der Waals surface area contributed by atoms with Crippen LogP contribution in [0.25, 0.3) is 11.3 Å². The van der Waals surface area contributed by atoms with Crippen molar-refractivity contribution in [1.29, 1.82) is 0 Å². The molecule has 4 heterocycles. The molecule has 1 N–H and O–H groups in total. The Kier molecular flexibility index (Phi) is 6.01. The highest BCUT2D eigenvalue weighted by Crippen LogP contribution is 2.48. The molecule has 1 amide bonds. The number of aromatic hydroxyl groups is 1. The summed E-state index contributed by atoms with van der Waals surface area (Å²) >= 11 is 6.88. The summed E-state index contributed by atoms with van der Waals surface area (Å²) < 4.78 is 21.3. The molecule has 1 fully saturated rings. The summed E-state index contributed by atoms with van der Waals surface area (Å²) in [7, 11) is 0. The largest absolute Gasteiger partial charge is 0.507 e. The van der Waals surface area contributed by atoms with Gasteiger partial charge in [0.1, 0.15) is 40.5 Å². The maximum absolute atomic E-state index is 15.0. The van der Waals surface area contributed by atoms with Gasteiger partial charge in [0.25, 0.3) is 0 Å². The van der Waals surface area contributed by atoms with E-state index < -0.39 is 5.82 Å². The molecule has 0 unspecified atom stereocenters. The second-order valence-electron chi connectivity index (χ2n) is 9.49. The minimum Gasteiger partial charge on any atom is -0.507 e. The van der Waals surface area contributed by atoms with Crippen LogP contribution >= 0.6 is 11.6 Å². The van der Waals surface area contributed by atoms with Crippen molar-refractivity contribution >= 4 is 29.0 Å². The normalized spacial score (nSPS) is 18.9. The van der Waals surface area contributed by atoms with Crippen LogP contribution in [0, 0.1) is 5.82 Å². The van der Waals surface area contributed by atoms with Crippen molar-refractivity contribution in [2.75, 3.05) is 37.7 Å². The van der Waals surface area contributed by atoms with Gasteiger partial charge >= 0.3 is 0 Å². The first-order valence-corrected chi connectivity index (χ1v) is 12.7. The number of ether oxygens (including phenoxy) is 1. The predicted molar refractivity (Wildman–Crippen MR) is 140 cm³/mol. The molecule has 0 saturated carbocycles. The lowest BCUT2D eigenvalue weighted by Gasteiger charge is -2.39. The summed E-state index contributed by atoms with van der Waals surface area (Å²) in [4.78, 5) is 23.3. The fraction of sp³-hybridized carbons (Fsp3) is 0.286. The predicted octanol–water partition coefficient (Wildman–Crippen LogP) is 4.53. The molecule has 6 rings (SSSR count).